The Labute approximate surface area is 185 Å². The number of carbonyl (C=O) groups excluding carboxylic acids is 3. The van der Waals surface area contributed by atoms with E-state index in [1.165, 1.54) is 13.8 Å². The molecule has 0 amide bonds. The third-order valence-electron chi connectivity index (χ3n) is 6.22. The summed E-state index contributed by atoms with van der Waals surface area (Å²) in [5, 5.41) is 0. The molecule has 7 heteroatoms. The van der Waals surface area contributed by atoms with Gasteiger partial charge in [0.05, 0.1) is 5.60 Å². The SMILES string of the molecule is C/C=C(\C)C(=O)O[C@H]1/C(C)=C/CC[C@@]2(C)O[C@@H]2[C@@H](OC(C)=O)[C@@H](C(C)C)[C@@H]1OC(C)=O. The largest absolute Gasteiger partial charge is 0.459 e. The van der Waals surface area contributed by atoms with Gasteiger partial charge in [-0.05, 0) is 52.0 Å². The van der Waals surface area contributed by atoms with Gasteiger partial charge >= 0.3 is 17.9 Å². The van der Waals surface area contributed by atoms with Crippen LogP contribution in [0.4, 0.5) is 0 Å². The lowest BCUT2D eigenvalue weighted by Crippen LogP contribution is -2.51. The number of ether oxygens (including phenoxy) is 4. The van der Waals surface area contributed by atoms with Crippen molar-refractivity contribution in [3.8, 4) is 0 Å². The van der Waals surface area contributed by atoms with Crippen LogP contribution in [0.3, 0.4) is 0 Å². The molecule has 6 atom stereocenters. The van der Waals surface area contributed by atoms with Crippen LogP contribution in [0, 0.1) is 11.8 Å². The van der Waals surface area contributed by atoms with Crippen LogP contribution in [0.2, 0.25) is 0 Å². The van der Waals surface area contributed by atoms with Crippen LogP contribution in [-0.4, -0.2) is 47.9 Å². The van der Waals surface area contributed by atoms with Crippen LogP contribution in [-0.2, 0) is 33.3 Å². The Kier molecular flexibility index (Phi) is 8.09. The average molecular weight is 437 g/mol. The van der Waals surface area contributed by atoms with Crippen molar-refractivity contribution >= 4 is 17.9 Å². The first-order chi connectivity index (χ1) is 14.4. The molecule has 0 aromatic heterocycles. The first kappa shape index (κ1) is 25.1. The zero-order chi connectivity index (χ0) is 23.5. The van der Waals surface area contributed by atoms with Gasteiger partial charge in [-0.2, -0.15) is 0 Å². The second-order valence-corrected chi connectivity index (χ2v) is 9.10. The molecule has 0 saturated carbocycles. The Morgan fingerprint density at radius 1 is 1.10 bits per heavy atom. The van der Waals surface area contributed by atoms with Gasteiger partial charge in [-0.1, -0.05) is 26.0 Å². The average Bonchev–Trinajstić information content (AvgIpc) is 3.33. The molecular formula is C24H36O7. The molecule has 0 aromatic carbocycles. The van der Waals surface area contributed by atoms with E-state index in [-0.39, 0.29) is 12.0 Å². The van der Waals surface area contributed by atoms with E-state index in [0.29, 0.717) is 12.0 Å². The Balaban J connectivity index is 2.60. The van der Waals surface area contributed by atoms with Crippen molar-refractivity contribution in [3.63, 3.8) is 0 Å². The van der Waals surface area contributed by atoms with E-state index in [4.69, 9.17) is 18.9 Å². The van der Waals surface area contributed by atoms with E-state index < -0.39 is 47.7 Å². The van der Waals surface area contributed by atoms with Crippen LogP contribution in [0.25, 0.3) is 0 Å². The summed E-state index contributed by atoms with van der Waals surface area (Å²) in [5.41, 5.74) is 0.830. The maximum Gasteiger partial charge on any atom is 0.334 e. The normalized spacial score (nSPS) is 35.3. The summed E-state index contributed by atoms with van der Waals surface area (Å²) in [6.07, 6.45) is 2.52. The molecule has 0 radical (unpaired) electrons. The van der Waals surface area contributed by atoms with Crippen LogP contribution in [0.15, 0.2) is 23.3 Å². The van der Waals surface area contributed by atoms with Crippen LogP contribution < -0.4 is 0 Å². The highest BCUT2D eigenvalue weighted by atomic mass is 16.6. The standard InChI is InChI=1S/C24H36O7/c1-9-14(4)23(27)30-19-15(5)11-10-12-24(8)22(31-24)21(29-17(7)26)18(13(2)3)20(19)28-16(6)25/h9,11,13,18-22H,10,12H2,1-8H3/b14-9+,15-11+/t18-,19-,20-,21-,22+,24+/m0/s1. The van der Waals surface area contributed by atoms with Gasteiger partial charge in [0, 0.05) is 25.3 Å². The second-order valence-electron chi connectivity index (χ2n) is 9.10. The number of carbonyl (C=O) groups is 3. The topological polar surface area (TPSA) is 91.4 Å². The summed E-state index contributed by atoms with van der Waals surface area (Å²) < 4.78 is 23.4. The lowest BCUT2D eigenvalue weighted by Gasteiger charge is -2.39. The van der Waals surface area contributed by atoms with Gasteiger partial charge in [0.15, 0.2) is 6.10 Å². The predicted octanol–water partition coefficient (Wildman–Crippen LogP) is 3.90. The fourth-order valence-corrected chi connectivity index (χ4v) is 4.33. The Morgan fingerprint density at radius 2 is 1.68 bits per heavy atom. The highest BCUT2D eigenvalue weighted by Gasteiger charge is 2.61. The third kappa shape index (κ3) is 5.97. The van der Waals surface area contributed by atoms with E-state index in [1.54, 1.807) is 19.9 Å². The van der Waals surface area contributed by atoms with Gasteiger partial charge in [-0.15, -0.1) is 0 Å². The first-order valence-corrected chi connectivity index (χ1v) is 10.9. The summed E-state index contributed by atoms with van der Waals surface area (Å²) >= 11 is 0. The molecule has 1 saturated heterocycles. The number of epoxide rings is 1. The van der Waals surface area contributed by atoms with Crippen LogP contribution in [0.1, 0.15) is 68.2 Å². The molecule has 2 rings (SSSR count). The van der Waals surface area contributed by atoms with Gasteiger partial charge in [0.1, 0.15) is 18.3 Å². The molecule has 1 fully saturated rings. The maximum absolute atomic E-state index is 12.7. The lowest BCUT2D eigenvalue weighted by molar-refractivity contribution is -0.178. The van der Waals surface area contributed by atoms with Crippen molar-refractivity contribution in [2.45, 2.75) is 98.2 Å². The quantitative estimate of drug-likeness (QED) is 0.212. The molecule has 1 aliphatic heterocycles. The van der Waals surface area contributed by atoms with Crippen LogP contribution >= 0.6 is 0 Å². The molecule has 31 heavy (non-hydrogen) atoms. The van der Waals surface area contributed by atoms with E-state index in [0.717, 1.165) is 12.0 Å². The van der Waals surface area contributed by atoms with E-state index in [2.05, 4.69) is 0 Å². The minimum Gasteiger partial charge on any atom is -0.459 e. The first-order valence-electron chi connectivity index (χ1n) is 10.9. The smallest absolute Gasteiger partial charge is 0.334 e. The summed E-state index contributed by atoms with van der Waals surface area (Å²) in [7, 11) is 0. The zero-order valence-corrected chi connectivity index (χ0v) is 19.9. The molecule has 174 valence electrons. The molecule has 0 aromatic rings. The van der Waals surface area contributed by atoms with E-state index >= 15 is 0 Å². The monoisotopic (exact) mass is 436 g/mol. The highest BCUT2D eigenvalue weighted by Crippen LogP contribution is 2.48. The number of rotatable bonds is 5. The minimum atomic E-state index is -0.835. The third-order valence-corrected chi connectivity index (χ3v) is 6.22. The summed E-state index contributed by atoms with van der Waals surface area (Å²) in [5.74, 6) is -1.90. The Hall–Kier alpha value is -2.15. The number of fused-ring (bicyclic) bond motifs is 1. The molecule has 0 N–H and O–H groups in total. The number of hydrogen-bond acceptors (Lipinski definition) is 7. The van der Waals surface area contributed by atoms with Crippen molar-refractivity contribution in [1.82, 2.24) is 0 Å². The van der Waals surface area contributed by atoms with Crippen molar-refractivity contribution in [3.05, 3.63) is 23.3 Å². The second kappa shape index (κ2) is 9.98. The van der Waals surface area contributed by atoms with E-state index in [1.807, 2.05) is 33.8 Å². The molecule has 1 heterocycles. The maximum atomic E-state index is 12.7. The van der Waals surface area contributed by atoms with Crippen molar-refractivity contribution in [2.24, 2.45) is 11.8 Å². The van der Waals surface area contributed by atoms with Crippen LogP contribution in [0.5, 0.6) is 0 Å². The molecule has 0 bridgehead atoms. The minimum absolute atomic E-state index is 0.0570. The molecule has 0 spiro atoms. The van der Waals surface area contributed by atoms with Gasteiger partial charge in [0.25, 0.3) is 0 Å². The van der Waals surface area contributed by atoms with E-state index in [9.17, 15) is 14.4 Å². The predicted molar refractivity (Wildman–Crippen MR) is 115 cm³/mol. The summed E-state index contributed by atoms with van der Waals surface area (Å²) in [6.45, 7) is 13.9. The molecule has 2 aliphatic rings. The Morgan fingerprint density at radius 3 is 2.19 bits per heavy atom. The number of allylic oxidation sites excluding steroid dienone is 2. The fraction of sp³-hybridized carbons (Fsp3) is 0.708. The summed E-state index contributed by atoms with van der Waals surface area (Å²) in [4.78, 5) is 36.8. The fourth-order valence-electron chi connectivity index (χ4n) is 4.33. The van der Waals surface area contributed by atoms with Gasteiger partial charge in [0.2, 0.25) is 0 Å². The van der Waals surface area contributed by atoms with Crippen molar-refractivity contribution < 1.29 is 33.3 Å². The summed E-state index contributed by atoms with van der Waals surface area (Å²) in [6, 6.07) is 0. The van der Waals surface area contributed by atoms with Gasteiger partial charge < -0.3 is 18.9 Å². The molecule has 0 unspecified atom stereocenters. The highest BCUT2D eigenvalue weighted by molar-refractivity contribution is 5.88. The molecule has 7 nitrogen and oxygen atoms in total. The number of hydrogen-bond donors (Lipinski definition) is 0. The lowest BCUT2D eigenvalue weighted by atomic mass is 9.77. The van der Waals surface area contributed by atoms with Crippen molar-refractivity contribution in [1.29, 1.82) is 0 Å². The zero-order valence-electron chi connectivity index (χ0n) is 19.9. The molecular weight excluding hydrogens is 400 g/mol. The van der Waals surface area contributed by atoms with Gasteiger partial charge in [-0.25, -0.2) is 4.79 Å². The van der Waals surface area contributed by atoms with Gasteiger partial charge in [-0.3, -0.25) is 9.59 Å². The molecule has 1 aliphatic carbocycles. The van der Waals surface area contributed by atoms with Crippen molar-refractivity contribution in [2.75, 3.05) is 0 Å². The number of esters is 3. The Bertz CT molecular complexity index is 766.